The first-order chi connectivity index (χ1) is 12.1. The predicted molar refractivity (Wildman–Crippen MR) is 94.5 cm³/mol. The molecule has 2 amide bonds. The van der Waals surface area contributed by atoms with Crippen LogP contribution in [0, 0.1) is 0 Å². The van der Waals surface area contributed by atoms with Gasteiger partial charge in [0.2, 0.25) is 0 Å². The summed E-state index contributed by atoms with van der Waals surface area (Å²) in [5, 5.41) is 11.6. The third-order valence-corrected chi connectivity index (χ3v) is 3.67. The van der Waals surface area contributed by atoms with Crippen LogP contribution >= 0.6 is 0 Å². The number of rotatable bonds is 8. The van der Waals surface area contributed by atoms with E-state index in [0.717, 1.165) is 11.3 Å². The van der Waals surface area contributed by atoms with Gasteiger partial charge in [-0.05, 0) is 17.7 Å². The van der Waals surface area contributed by atoms with Crippen LogP contribution in [0.25, 0.3) is 0 Å². The van der Waals surface area contributed by atoms with Crippen LogP contribution < -0.4 is 10.1 Å². The Morgan fingerprint density at radius 1 is 1.08 bits per heavy atom. The van der Waals surface area contributed by atoms with Gasteiger partial charge in [0.25, 0.3) is 0 Å². The second-order valence-electron chi connectivity index (χ2n) is 5.60. The minimum absolute atomic E-state index is 0.0968. The maximum atomic E-state index is 12.3. The lowest BCUT2D eigenvalue weighted by Gasteiger charge is -2.24. The summed E-state index contributed by atoms with van der Waals surface area (Å²) in [5.74, 6) is -0.219. The Morgan fingerprint density at radius 3 is 2.28 bits per heavy atom. The number of urea groups is 1. The van der Waals surface area contributed by atoms with Gasteiger partial charge in [0.05, 0.1) is 12.5 Å². The Bertz CT molecular complexity index is 676. The molecule has 2 N–H and O–H groups in total. The molecule has 1 unspecified atom stereocenters. The van der Waals surface area contributed by atoms with Gasteiger partial charge in [-0.2, -0.15) is 0 Å². The van der Waals surface area contributed by atoms with E-state index in [-0.39, 0.29) is 31.6 Å². The lowest BCUT2D eigenvalue weighted by Crippen LogP contribution is -2.41. The van der Waals surface area contributed by atoms with Gasteiger partial charge in [-0.1, -0.05) is 48.5 Å². The normalized spacial score (nSPS) is 11.4. The van der Waals surface area contributed by atoms with Crippen LogP contribution in [0.2, 0.25) is 0 Å². The largest absolute Gasteiger partial charge is 0.491 e. The Morgan fingerprint density at radius 2 is 1.68 bits per heavy atom. The molecular weight excluding hydrogens is 320 g/mol. The van der Waals surface area contributed by atoms with E-state index in [1.807, 2.05) is 60.7 Å². The fourth-order valence-electron chi connectivity index (χ4n) is 2.23. The molecule has 0 saturated heterocycles. The number of hydrogen-bond acceptors (Lipinski definition) is 3. The van der Waals surface area contributed by atoms with Crippen LogP contribution in [-0.2, 0) is 4.79 Å². The lowest BCUT2D eigenvalue weighted by molar-refractivity contribution is -0.137. The summed E-state index contributed by atoms with van der Waals surface area (Å²) in [6.07, 6.45) is -0.0968. The molecule has 0 aliphatic heterocycles. The number of ether oxygens (including phenoxy) is 1. The molecule has 132 valence electrons. The molecule has 6 nitrogen and oxygen atoms in total. The molecule has 25 heavy (non-hydrogen) atoms. The number of hydrogen-bond donors (Lipinski definition) is 2. The fraction of sp³-hybridized carbons (Fsp3) is 0.263. The summed E-state index contributed by atoms with van der Waals surface area (Å²) in [5.41, 5.74) is 0.915. The Labute approximate surface area is 147 Å². The third-order valence-electron chi connectivity index (χ3n) is 3.67. The van der Waals surface area contributed by atoms with E-state index in [1.54, 1.807) is 7.05 Å². The number of benzene rings is 2. The van der Waals surface area contributed by atoms with Crippen LogP contribution in [0.1, 0.15) is 18.0 Å². The first-order valence-electron chi connectivity index (χ1n) is 8.02. The molecule has 0 bridgehead atoms. The van der Waals surface area contributed by atoms with Gasteiger partial charge in [-0.15, -0.1) is 0 Å². The van der Waals surface area contributed by atoms with Crippen molar-refractivity contribution in [3.63, 3.8) is 0 Å². The van der Waals surface area contributed by atoms with Crippen molar-refractivity contribution in [3.8, 4) is 5.75 Å². The second kappa shape index (κ2) is 9.32. The van der Waals surface area contributed by atoms with Gasteiger partial charge in [0.15, 0.2) is 0 Å². The van der Waals surface area contributed by atoms with E-state index < -0.39 is 5.97 Å². The van der Waals surface area contributed by atoms with Gasteiger partial charge in [0.1, 0.15) is 12.4 Å². The third kappa shape index (κ3) is 6.18. The number of nitrogens with zero attached hydrogens (tertiary/aromatic N) is 1. The van der Waals surface area contributed by atoms with E-state index in [9.17, 15) is 9.59 Å². The molecule has 0 aliphatic rings. The van der Waals surface area contributed by atoms with Crippen LogP contribution in [-0.4, -0.2) is 42.2 Å². The highest BCUT2D eigenvalue weighted by Crippen LogP contribution is 2.16. The zero-order chi connectivity index (χ0) is 18.1. The first kappa shape index (κ1) is 18.3. The molecule has 0 radical (unpaired) electrons. The summed E-state index contributed by atoms with van der Waals surface area (Å²) >= 11 is 0. The fourth-order valence-corrected chi connectivity index (χ4v) is 2.23. The van der Waals surface area contributed by atoms with Gasteiger partial charge in [-0.3, -0.25) is 4.79 Å². The standard InChI is InChI=1S/C19H22N2O4/c1-21(13-12-18(22)23)19(24)20-17(15-8-4-2-5-9-15)14-25-16-10-6-3-7-11-16/h2-11,17H,12-14H2,1H3,(H,20,24)(H,22,23). The van der Waals surface area contributed by atoms with Crippen molar-refractivity contribution in [3.05, 3.63) is 66.2 Å². The average Bonchev–Trinajstić information content (AvgIpc) is 2.64. The average molecular weight is 342 g/mol. The molecule has 0 saturated carbocycles. The maximum absolute atomic E-state index is 12.3. The van der Waals surface area contributed by atoms with Crippen molar-refractivity contribution < 1.29 is 19.4 Å². The molecule has 0 aromatic heterocycles. The zero-order valence-corrected chi connectivity index (χ0v) is 14.1. The molecule has 0 aliphatic carbocycles. The minimum atomic E-state index is -0.938. The van der Waals surface area contributed by atoms with Crippen LogP contribution in [0.4, 0.5) is 4.79 Å². The number of carbonyl (C=O) groups excluding carboxylic acids is 1. The topological polar surface area (TPSA) is 78.9 Å². The molecule has 6 heteroatoms. The quantitative estimate of drug-likeness (QED) is 0.773. The molecular formula is C19H22N2O4. The molecule has 1 atom stereocenters. The number of carbonyl (C=O) groups is 2. The van der Waals surface area contributed by atoms with Crippen molar-refractivity contribution in [2.24, 2.45) is 0 Å². The summed E-state index contributed by atoms with van der Waals surface area (Å²) < 4.78 is 5.77. The van der Waals surface area contributed by atoms with Crippen molar-refractivity contribution in [2.75, 3.05) is 20.2 Å². The lowest BCUT2D eigenvalue weighted by atomic mass is 10.1. The summed E-state index contributed by atoms with van der Waals surface area (Å²) in [4.78, 5) is 24.3. The number of para-hydroxylation sites is 1. The van der Waals surface area contributed by atoms with E-state index >= 15 is 0 Å². The summed E-state index contributed by atoms with van der Waals surface area (Å²) in [7, 11) is 1.57. The molecule has 2 rings (SSSR count). The van der Waals surface area contributed by atoms with Gasteiger partial charge in [-0.25, -0.2) is 4.79 Å². The molecule has 0 fully saturated rings. The maximum Gasteiger partial charge on any atom is 0.317 e. The number of nitrogens with one attached hydrogen (secondary N) is 1. The molecule has 2 aromatic rings. The van der Waals surface area contributed by atoms with Crippen LogP contribution in [0.5, 0.6) is 5.75 Å². The SMILES string of the molecule is CN(CCC(=O)O)C(=O)NC(COc1ccccc1)c1ccccc1. The number of aliphatic carboxylic acids is 1. The van der Waals surface area contributed by atoms with Crippen molar-refractivity contribution >= 4 is 12.0 Å². The summed E-state index contributed by atoms with van der Waals surface area (Å²) in [6, 6.07) is 18.2. The van der Waals surface area contributed by atoms with E-state index in [4.69, 9.17) is 9.84 Å². The number of amides is 2. The van der Waals surface area contributed by atoms with Crippen LogP contribution in [0.15, 0.2) is 60.7 Å². The first-order valence-corrected chi connectivity index (χ1v) is 8.02. The van der Waals surface area contributed by atoms with E-state index in [1.165, 1.54) is 4.90 Å². The Balaban J connectivity index is 2.01. The van der Waals surface area contributed by atoms with E-state index in [0.29, 0.717) is 0 Å². The van der Waals surface area contributed by atoms with Crippen LogP contribution in [0.3, 0.4) is 0 Å². The van der Waals surface area contributed by atoms with Crippen molar-refractivity contribution in [2.45, 2.75) is 12.5 Å². The monoisotopic (exact) mass is 342 g/mol. The highest BCUT2D eigenvalue weighted by atomic mass is 16.5. The smallest absolute Gasteiger partial charge is 0.317 e. The van der Waals surface area contributed by atoms with Gasteiger partial charge < -0.3 is 20.1 Å². The van der Waals surface area contributed by atoms with Gasteiger partial charge >= 0.3 is 12.0 Å². The highest BCUT2D eigenvalue weighted by Gasteiger charge is 2.18. The zero-order valence-electron chi connectivity index (χ0n) is 14.1. The Kier molecular flexibility index (Phi) is 6.83. The minimum Gasteiger partial charge on any atom is -0.491 e. The highest BCUT2D eigenvalue weighted by molar-refractivity contribution is 5.75. The molecule has 0 heterocycles. The van der Waals surface area contributed by atoms with Crippen molar-refractivity contribution in [1.29, 1.82) is 0 Å². The number of carboxylic acid groups (broad SMARTS) is 1. The Hall–Kier alpha value is -3.02. The van der Waals surface area contributed by atoms with E-state index in [2.05, 4.69) is 5.32 Å². The van der Waals surface area contributed by atoms with Crippen molar-refractivity contribution in [1.82, 2.24) is 10.2 Å². The molecule has 0 spiro atoms. The number of carboxylic acids is 1. The van der Waals surface area contributed by atoms with Gasteiger partial charge in [0, 0.05) is 13.6 Å². The molecule has 2 aromatic carbocycles. The predicted octanol–water partition coefficient (Wildman–Crippen LogP) is 2.92. The second-order valence-corrected chi connectivity index (χ2v) is 5.60. The summed E-state index contributed by atoms with van der Waals surface area (Å²) in [6.45, 7) is 0.411.